The van der Waals surface area contributed by atoms with Gasteiger partial charge in [-0.25, -0.2) is 8.42 Å². The average Bonchev–Trinajstić information content (AvgIpc) is 2.21. The predicted octanol–water partition coefficient (Wildman–Crippen LogP) is -0.0650. The smallest absolute Gasteiger partial charge is 0.320 e. The van der Waals surface area contributed by atoms with Gasteiger partial charge in [-0.2, -0.15) is 0 Å². The van der Waals surface area contributed by atoms with Crippen LogP contribution in [-0.4, -0.2) is 48.6 Å². The van der Waals surface area contributed by atoms with Crippen LogP contribution in [0.5, 0.6) is 0 Å². The van der Waals surface area contributed by atoms with Crippen molar-refractivity contribution in [3.63, 3.8) is 0 Å². The summed E-state index contributed by atoms with van der Waals surface area (Å²) in [5, 5.41) is 8.53. The second-order valence-electron chi connectivity index (χ2n) is 5.22. The number of hydrogen-bond acceptors (Lipinski definition) is 6. The summed E-state index contributed by atoms with van der Waals surface area (Å²) in [6, 6.07) is -1.21. The van der Waals surface area contributed by atoms with E-state index in [0.717, 1.165) is 0 Å². The van der Waals surface area contributed by atoms with Gasteiger partial charge in [0.05, 0.1) is 17.9 Å². The van der Waals surface area contributed by atoms with Gasteiger partial charge in [-0.3, -0.25) is 9.59 Å². The van der Waals surface area contributed by atoms with Gasteiger partial charge in [-0.05, 0) is 27.2 Å². The molecule has 0 aromatic carbocycles. The summed E-state index contributed by atoms with van der Waals surface area (Å²) in [4.78, 5) is 21.8. The number of hydrogen-bond donors (Lipinski definition) is 2. The lowest BCUT2D eigenvalue weighted by Crippen LogP contribution is -2.33. The molecule has 19 heavy (non-hydrogen) atoms. The summed E-state index contributed by atoms with van der Waals surface area (Å²) >= 11 is 0. The minimum Gasteiger partial charge on any atom is -0.480 e. The summed E-state index contributed by atoms with van der Waals surface area (Å²) in [6.45, 7) is 5.06. The first-order valence-corrected chi connectivity index (χ1v) is 7.66. The maximum Gasteiger partial charge on any atom is 0.320 e. The molecule has 0 rings (SSSR count). The van der Waals surface area contributed by atoms with Crippen LogP contribution in [0.3, 0.4) is 0 Å². The fourth-order valence-corrected chi connectivity index (χ4v) is 2.46. The number of carbonyl (C=O) groups is 2. The van der Waals surface area contributed by atoms with Crippen molar-refractivity contribution in [1.29, 1.82) is 0 Å². The summed E-state index contributed by atoms with van der Waals surface area (Å²) in [6.07, 6.45) is -0.423. The van der Waals surface area contributed by atoms with Gasteiger partial charge < -0.3 is 15.6 Å². The van der Waals surface area contributed by atoms with E-state index in [-0.39, 0.29) is 24.3 Å². The van der Waals surface area contributed by atoms with Gasteiger partial charge in [0.25, 0.3) is 0 Å². The molecule has 112 valence electrons. The number of carboxylic acid groups (broad SMARTS) is 1. The van der Waals surface area contributed by atoms with Crippen LogP contribution in [0, 0.1) is 0 Å². The number of rotatable bonds is 7. The Morgan fingerprint density at radius 3 is 2.21 bits per heavy atom. The third kappa shape index (κ3) is 9.43. The number of nitrogens with two attached hydrogens (primary N) is 1. The van der Waals surface area contributed by atoms with Crippen LogP contribution in [0.15, 0.2) is 0 Å². The van der Waals surface area contributed by atoms with Gasteiger partial charge in [-0.15, -0.1) is 0 Å². The molecule has 0 amide bonds. The third-order valence-electron chi connectivity index (χ3n) is 2.09. The highest BCUT2D eigenvalue weighted by Gasteiger charge is 2.21. The zero-order valence-electron chi connectivity index (χ0n) is 11.4. The van der Waals surface area contributed by atoms with Gasteiger partial charge in [-0.1, -0.05) is 0 Å². The van der Waals surface area contributed by atoms with Crippen molar-refractivity contribution >= 4 is 21.8 Å². The fraction of sp³-hybridized carbons (Fsp3) is 0.818. The maximum atomic E-state index is 11.6. The lowest BCUT2D eigenvalue weighted by Gasteiger charge is -2.19. The van der Waals surface area contributed by atoms with E-state index in [9.17, 15) is 18.0 Å². The number of sulfone groups is 1. The van der Waals surface area contributed by atoms with Gasteiger partial charge in [0.2, 0.25) is 0 Å². The molecule has 7 nitrogen and oxygen atoms in total. The highest BCUT2D eigenvalue weighted by molar-refractivity contribution is 7.91. The number of carbonyl (C=O) groups excluding carboxylic acids is 1. The first kappa shape index (κ1) is 17.8. The molecule has 0 unspecified atom stereocenters. The molecule has 0 spiro atoms. The molecule has 0 aliphatic carbocycles. The van der Waals surface area contributed by atoms with E-state index in [1.54, 1.807) is 20.8 Å². The number of aliphatic carboxylic acids is 1. The van der Waals surface area contributed by atoms with Crippen molar-refractivity contribution in [1.82, 2.24) is 0 Å². The molecule has 0 heterocycles. The summed E-state index contributed by atoms with van der Waals surface area (Å²) in [7, 11) is -3.50. The number of ether oxygens (including phenoxy) is 1. The maximum absolute atomic E-state index is 11.6. The molecule has 0 bridgehead atoms. The summed E-state index contributed by atoms with van der Waals surface area (Å²) in [5.41, 5.74) is 4.55. The van der Waals surface area contributed by atoms with Crippen LogP contribution in [0.4, 0.5) is 0 Å². The Balaban J connectivity index is 4.18. The molecular weight excluding hydrogens is 274 g/mol. The van der Waals surface area contributed by atoms with Crippen molar-refractivity contribution in [2.75, 3.05) is 11.5 Å². The first-order valence-electron chi connectivity index (χ1n) is 5.83. The van der Waals surface area contributed by atoms with Crippen LogP contribution in [0.1, 0.15) is 33.6 Å². The Kier molecular flexibility index (Phi) is 6.44. The van der Waals surface area contributed by atoms with E-state index in [4.69, 9.17) is 15.6 Å². The SMILES string of the molecule is CC(C)(C)OC(=O)CCS(=O)(=O)CC[C@H](N)C(=O)O. The van der Waals surface area contributed by atoms with Gasteiger partial charge in [0.15, 0.2) is 9.84 Å². The Hall–Kier alpha value is -1.15. The molecule has 0 aliphatic heterocycles. The minimum atomic E-state index is -3.50. The van der Waals surface area contributed by atoms with Crippen LogP contribution in [0.25, 0.3) is 0 Å². The molecule has 0 saturated heterocycles. The van der Waals surface area contributed by atoms with Gasteiger partial charge in [0.1, 0.15) is 11.6 Å². The predicted molar refractivity (Wildman–Crippen MR) is 69.3 cm³/mol. The van der Waals surface area contributed by atoms with E-state index >= 15 is 0 Å². The molecular formula is C11H21NO6S. The first-order chi connectivity index (χ1) is 8.43. The zero-order valence-corrected chi connectivity index (χ0v) is 12.2. The second-order valence-corrected chi connectivity index (χ2v) is 7.53. The lowest BCUT2D eigenvalue weighted by atomic mass is 10.2. The van der Waals surface area contributed by atoms with Gasteiger partial charge in [0, 0.05) is 0 Å². The van der Waals surface area contributed by atoms with Crippen LogP contribution in [-0.2, 0) is 24.2 Å². The van der Waals surface area contributed by atoms with E-state index in [2.05, 4.69) is 0 Å². The van der Waals surface area contributed by atoms with E-state index in [0.29, 0.717) is 0 Å². The molecule has 1 atom stereocenters. The third-order valence-corrected chi connectivity index (χ3v) is 3.78. The van der Waals surface area contributed by atoms with E-state index < -0.39 is 33.4 Å². The zero-order chi connectivity index (χ0) is 15.3. The van der Waals surface area contributed by atoms with Crippen LogP contribution >= 0.6 is 0 Å². The van der Waals surface area contributed by atoms with Crippen molar-refractivity contribution in [3.05, 3.63) is 0 Å². The molecule has 0 aliphatic rings. The largest absolute Gasteiger partial charge is 0.480 e. The Morgan fingerprint density at radius 1 is 1.26 bits per heavy atom. The van der Waals surface area contributed by atoms with Crippen molar-refractivity contribution in [2.24, 2.45) is 5.73 Å². The second kappa shape index (κ2) is 6.85. The molecule has 3 N–H and O–H groups in total. The number of carboxylic acids is 1. The highest BCUT2D eigenvalue weighted by Crippen LogP contribution is 2.09. The molecule has 8 heteroatoms. The molecule has 0 radical (unpaired) electrons. The quantitative estimate of drug-likeness (QED) is 0.630. The molecule has 0 aromatic heterocycles. The Morgan fingerprint density at radius 2 is 1.79 bits per heavy atom. The van der Waals surface area contributed by atoms with Crippen LogP contribution in [0.2, 0.25) is 0 Å². The van der Waals surface area contributed by atoms with E-state index in [1.165, 1.54) is 0 Å². The normalized spacial score (nSPS) is 13.9. The van der Waals surface area contributed by atoms with Crippen molar-refractivity contribution < 1.29 is 27.9 Å². The standard InChI is InChI=1S/C11H21NO6S/c1-11(2,3)18-9(13)5-7-19(16,17)6-4-8(12)10(14)15/h8H,4-7,12H2,1-3H3,(H,14,15)/t8-/m0/s1. The van der Waals surface area contributed by atoms with Crippen molar-refractivity contribution in [3.8, 4) is 0 Å². The molecule has 0 fully saturated rings. The summed E-state index contributed by atoms with van der Waals surface area (Å²) < 4.78 is 28.1. The molecule has 0 saturated carbocycles. The average molecular weight is 295 g/mol. The lowest BCUT2D eigenvalue weighted by molar-refractivity contribution is -0.154. The monoisotopic (exact) mass is 295 g/mol. The number of esters is 1. The molecule has 0 aromatic rings. The van der Waals surface area contributed by atoms with Crippen LogP contribution < -0.4 is 5.73 Å². The summed E-state index contributed by atoms with van der Waals surface area (Å²) in [5.74, 6) is -2.57. The van der Waals surface area contributed by atoms with Gasteiger partial charge >= 0.3 is 11.9 Å². The van der Waals surface area contributed by atoms with Crippen molar-refractivity contribution in [2.45, 2.75) is 45.3 Å². The Bertz CT molecular complexity index is 423. The fourth-order valence-electron chi connectivity index (χ4n) is 1.16. The highest BCUT2D eigenvalue weighted by atomic mass is 32.2. The minimum absolute atomic E-state index is 0.175. The topological polar surface area (TPSA) is 124 Å². The Labute approximate surface area is 113 Å². The van der Waals surface area contributed by atoms with E-state index in [1.807, 2.05) is 0 Å².